The van der Waals surface area contributed by atoms with Crippen molar-refractivity contribution in [1.82, 2.24) is 19.9 Å². The van der Waals surface area contributed by atoms with Gasteiger partial charge in [-0.15, -0.1) is 0 Å². The summed E-state index contributed by atoms with van der Waals surface area (Å²) in [7, 11) is 0. The van der Waals surface area contributed by atoms with Crippen LogP contribution in [0.1, 0.15) is 0 Å². The van der Waals surface area contributed by atoms with E-state index in [4.69, 9.17) is 0 Å². The summed E-state index contributed by atoms with van der Waals surface area (Å²) >= 11 is 3.47. The molecule has 0 atom stereocenters. The van der Waals surface area contributed by atoms with Gasteiger partial charge in [0.2, 0.25) is 0 Å². The molecule has 0 spiro atoms. The summed E-state index contributed by atoms with van der Waals surface area (Å²) in [5, 5.41) is 3.22. The Morgan fingerprint density at radius 3 is 2.88 bits per heavy atom. The van der Waals surface area contributed by atoms with Crippen LogP contribution in [0.3, 0.4) is 0 Å². The van der Waals surface area contributed by atoms with Crippen LogP contribution in [0, 0.1) is 0 Å². The standard InChI is InChI=1S/C11H8BrN5/c12-7-3-1-2-4-8(7)17-11-9-10(14-5-13-9)15-6-16-11/h1-6H,(H2,13,14,15,16,17). The minimum absolute atomic E-state index is 0.683. The number of halogens is 1. The van der Waals surface area contributed by atoms with Gasteiger partial charge in [0.1, 0.15) is 6.33 Å². The molecule has 17 heavy (non-hydrogen) atoms. The number of nitrogens with one attached hydrogen (secondary N) is 2. The van der Waals surface area contributed by atoms with E-state index in [-0.39, 0.29) is 0 Å². The molecule has 3 rings (SSSR count). The Hall–Kier alpha value is -1.95. The van der Waals surface area contributed by atoms with E-state index in [0.29, 0.717) is 5.82 Å². The number of para-hydroxylation sites is 1. The van der Waals surface area contributed by atoms with Gasteiger partial charge in [-0.1, -0.05) is 12.1 Å². The van der Waals surface area contributed by atoms with E-state index in [1.165, 1.54) is 6.33 Å². The maximum Gasteiger partial charge on any atom is 0.162 e. The molecule has 0 bridgehead atoms. The smallest absolute Gasteiger partial charge is 0.162 e. The van der Waals surface area contributed by atoms with Crippen LogP contribution in [0.4, 0.5) is 11.5 Å². The first kappa shape index (κ1) is 10.2. The van der Waals surface area contributed by atoms with E-state index in [9.17, 15) is 0 Å². The molecule has 5 nitrogen and oxygen atoms in total. The van der Waals surface area contributed by atoms with Crippen LogP contribution in [0.5, 0.6) is 0 Å². The molecule has 0 aliphatic heterocycles. The molecule has 0 saturated heterocycles. The molecule has 84 valence electrons. The van der Waals surface area contributed by atoms with Gasteiger partial charge < -0.3 is 10.3 Å². The van der Waals surface area contributed by atoms with E-state index in [1.807, 2.05) is 24.3 Å². The molecular weight excluding hydrogens is 282 g/mol. The highest BCUT2D eigenvalue weighted by atomic mass is 79.9. The van der Waals surface area contributed by atoms with E-state index >= 15 is 0 Å². The van der Waals surface area contributed by atoms with Crippen molar-refractivity contribution in [3.05, 3.63) is 41.4 Å². The molecule has 3 aromatic rings. The van der Waals surface area contributed by atoms with Crippen LogP contribution in [0.15, 0.2) is 41.4 Å². The van der Waals surface area contributed by atoms with Gasteiger partial charge in [0, 0.05) is 4.47 Å². The molecule has 0 saturated carbocycles. The molecule has 0 radical (unpaired) electrons. The van der Waals surface area contributed by atoms with Crippen LogP contribution in [-0.2, 0) is 0 Å². The van der Waals surface area contributed by atoms with Crippen molar-refractivity contribution in [2.45, 2.75) is 0 Å². The maximum atomic E-state index is 4.19. The molecular formula is C11H8BrN5. The highest BCUT2D eigenvalue weighted by molar-refractivity contribution is 9.10. The fourth-order valence-corrected chi connectivity index (χ4v) is 1.93. The molecule has 0 unspecified atom stereocenters. The molecule has 0 aliphatic carbocycles. The lowest BCUT2D eigenvalue weighted by Crippen LogP contribution is -1.96. The van der Waals surface area contributed by atoms with Gasteiger partial charge >= 0.3 is 0 Å². The Morgan fingerprint density at radius 1 is 1.12 bits per heavy atom. The quantitative estimate of drug-likeness (QED) is 0.761. The van der Waals surface area contributed by atoms with Crippen LogP contribution in [0.2, 0.25) is 0 Å². The lowest BCUT2D eigenvalue weighted by molar-refractivity contribution is 1.20. The molecule has 1 aromatic carbocycles. The van der Waals surface area contributed by atoms with Gasteiger partial charge in [-0.2, -0.15) is 0 Å². The zero-order valence-corrected chi connectivity index (χ0v) is 10.3. The average Bonchev–Trinajstić information content (AvgIpc) is 2.81. The van der Waals surface area contributed by atoms with Crippen molar-refractivity contribution in [3.63, 3.8) is 0 Å². The summed E-state index contributed by atoms with van der Waals surface area (Å²) in [6, 6.07) is 7.84. The highest BCUT2D eigenvalue weighted by Gasteiger charge is 2.07. The van der Waals surface area contributed by atoms with Gasteiger partial charge in [0.25, 0.3) is 0 Å². The first-order chi connectivity index (χ1) is 8.34. The van der Waals surface area contributed by atoms with Gasteiger partial charge in [0.15, 0.2) is 17.0 Å². The fourth-order valence-electron chi connectivity index (χ4n) is 1.55. The van der Waals surface area contributed by atoms with Gasteiger partial charge in [0.05, 0.1) is 12.0 Å². The number of hydrogen-bond donors (Lipinski definition) is 2. The number of hydrogen-bond acceptors (Lipinski definition) is 4. The summed E-state index contributed by atoms with van der Waals surface area (Å²) in [5.74, 6) is 0.683. The van der Waals surface area contributed by atoms with Crippen molar-refractivity contribution in [3.8, 4) is 0 Å². The van der Waals surface area contributed by atoms with Crippen molar-refractivity contribution >= 4 is 38.6 Å². The molecule has 2 aromatic heterocycles. The van der Waals surface area contributed by atoms with E-state index in [0.717, 1.165) is 21.3 Å². The van der Waals surface area contributed by atoms with E-state index in [1.54, 1.807) is 6.33 Å². The predicted octanol–water partition coefficient (Wildman–Crippen LogP) is 2.86. The second-order valence-electron chi connectivity index (χ2n) is 3.43. The highest BCUT2D eigenvalue weighted by Crippen LogP contribution is 2.26. The first-order valence-electron chi connectivity index (χ1n) is 5.00. The molecule has 0 aliphatic rings. The van der Waals surface area contributed by atoms with Gasteiger partial charge in [-0.3, -0.25) is 0 Å². The number of aromatic amines is 1. The third-order valence-corrected chi connectivity index (χ3v) is 3.04. The Labute approximate surface area is 105 Å². The SMILES string of the molecule is Brc1ccccc1Nc1ncnc2[nH]cnc12. The Balaban J connectivity index is 2.06. The monoisotopic (exact) mass is 289 g/mol. The Bertz CT molecular complexity index is 664. The summed E-state index contributed by atoms with van der Waals surface area (Å²) in [4.78, 5) is 15.4. The third kappa shape index (κ3) is 1.87. The number of rotatable bonds is 2. The van der Waals surface area contributed by atoms with Crippen LogP contribution in [-0.4, -0.2) is 19.9 Å². The number of H-pyrrole nitrogens is 1. The number of benzene rings is 1. The lowest BCUT2D eigenvalue weighted by atomic mass is 10.3. The Morgan fingerprint density at radius 2 is 2.00 bits per heavy atom. The molecule has 6 heteroatoms. The fraction of sp³-hybridized carbons (Fsp3) is 0. The number of fused-ring (bicyclic) bond motifs is 1. The number of imidazole rings is 1. The number of nitrogens with zero attached hydrogens (tertiary/aromatic N) is 3. The predicted molar refractivity (Wildman–Crippen MR) is 69.1 cm³/mol. The first-order valence-corrected chi connectivity index (χ1v) is 5.79. The minimum atomic E-state index is 0.683. The second kappa shape index (κ2) is 4.14. The van der Waals surface area contributed by atoms with Crippen molar-refractivity contribution in [2.24, 2.45) is 0 Å². The summed E-state index contributed by atoms with van der Waals surface area (Å²) in [5.41, 5.74) is 2.38. The van der Waals surface area contributed by atoms with E-state index in [2.05, 4.69) is 41.2 Å². The topological polar surface area (TPSA) is 66.5 Å². The maximum absolute atomic E-state index is 4.19. The number of aromatic nitrogens is 4. The molecule has 2 heterocycles. The largest absolute Gasteiger partial charge is 0.337 e. The zero-order chi connectivity index (χ0) is 11.7. The Kier molecular flexibility index (Phi) is 2.49. The molecule has 2 N–H and O–H groups in total. The molecule has 0 fully saturated rings. The molecule has 0 amide bonds. The minimum Gasteiger partial charge on any atom is -0.337 e. The summed E-state index contributed by atoms with van der Waals surface area (Å²) in [6.45, 7) is 0. The van der Waals surface area contributed by atoms with Gasteiger partial charge in [-0.25, -0.2) is 15.0 Å². The average molecular weight is 290 g/mol. The normalized spacial score (nSPS) is 10.6. The van der Waals surface area contributed by atoms with Crippen LogP contribution >= 0.6 is 15.9 Å². The van der Waals surface area contributed by atoms with Crippen molar-refractivity contribution in [2.75, 3.05) is 5.32 Å². The summed E-state index contributed by atoms with van der Waals surface area (Å²) < 4.78 is 0.974. The summed E-state index contributed by atoms with van der Waals surface area (Å²) in [6.07, 6.45) is 3.10. The number of anilines is 2. The zero-order valence-electron chi connectivity index (χ0n) is 8.68. The van der Waals surface area contributed by atoms with E-state index < -0.39 is 0 Å². The van der Waals surface area contributed by atoms with Crippen LogP contribution in [0.25, 0.3) is 11.2 Å². The van der Waals surface area contributed by atoms with Crippen molar-refractivity contribution in [1.29, 1.82) is 0 Å². The van der Waals surface area contributed by atoms with Gasteiger partial charge in [-0.05, 0) is 28.1 Å². The third-order valence-electron chi connectivity index (χ3n) is 2.34. The second-order valence-corrected chi connectivity index (χ2v) is 4.28. The lowest BCUT2D eigenvalue weighted by Gasteiger charge is -2.07. The van der Waals surface area contributed by atoms with Crippen LogP contribution < -0.4 is 5.32 Å². The van der Waals surface area contributed by atoms with Crippen molar-refractivity contribution < 1.29 is 0 Å².